The van der Waals surface area contributed by atoms with Gasteiger partial charge in [-0.15, -0.1) is 11.3 Å². The van der Waals surface area contributed by atoms with E-state index in [1.165, 1.54) is 0 Å². The molecule has 2 aromatic carbocycles. The zero-order valence-electron chi connectivity index (χ0n) is 11.6. The third kappa shape index (κ3) is 2.41. The van der Waals surface area contributed by atoms with Gasteiger partial charge in [0.05, 0.1) is 6.61 Å². The summed E-state index contributed by atoms with van der Waals surface area (Å²) in [5, 5.41) is 1.56. The summed E-state index contributed by atoms with van der Waals surface area (Å²) < 4.78 is 7.73. The summed E-state index contributed by atoms with van der Waals surface area (Å²) in [7, 11) is 0. The number of rotatable bonds is 3. The molecule has 20 heavy (non-hydrogen) atoms. The van der Waals surface area contributed by atoms with E-state index in [-0.39, 0.29) is 5.43 Å². The minimum Gasteiger partial charge on any atom is -0.493 e. The molecule has 0 atom stereocenters. The van der Waals surface area contributed by atoms with Crippen molar-refractivity contribution < 1.29 is 4.74 Å². The Kier molecular flexibility index (Phi) is 3.45. The number of fused-ring (bicyclic) bond motifs is 2. The first-order valence-electron chi connectivity index (χ1n) is 6.73. The van der Waals surface area contributed by atoms with Crippen LogP contribution in [0.15, 0.2) is 47.3 Å². The molecule has 3 aromatic rings. The van der Waals surface area contributed by atoms with Crippen LogP contribution >= 0.6 is 11.3 Å². The molecule has 2 nitrogen and oxygen atoms in total. The van der Waals surface area contributed by atoms with Crippen LogP contribution in [0.1, 0.15) is 13.8 Å². The quantitative estimate of drug-likeness (QED) is 0.664. The summed E-state index contributed by atoms with van der Waals surface area (Å²) in [6, 6.07) is 13.5. The molecule has 0 amide bonds. The molecule has 0 saturated heterocycles. The van der Waals surface area contributed by atoms with Crippen LogP contribution in [-0.2, 0) is 0 Å². The van der Waals surface area contributed by atoms with Crippen molar-refractivity contribution in [2.24, 2.45) is 5.92 Å². The van der Waals surface area contributed by atoms with Gasteiger partial charge in [0.15, 0.2) is 5.43 Å². The monoisotopic (exact) mass is 284 g/mol. The molecule has 1 heterocycles. The number of hydrogen-bond acceptors (Lipinski definition) is 3. The van der Waals surface area contributed by atoms with Gasteiger partial charge in [-0.05, 0) is 36.2 Å². The average Bonchev–Trinajstić information content (AvgIpc) is 2.45. The lowest BCUT2D eigenvalue weighted by Gasteiger charge is -2.09. The highest BCUT2D eigenvalue weighted by Gasteiger charge is 2.07. The molecular weight excluding hydrogens is 268 g/mol. The van der Waals surface area contributed by atoms with Gasteiger partial charge in [-0.3, -0.25) is 4.79 Å². The van der Waals surface area contributed by atoms with Crippen LogP contribution in [0.3, 0.4) is 0 Å². The summed E-state index contributed by atoms with van der Waals surface area (Å²) >= 11 is 1.63. The molecule has 0 saturated carbocycles. The van der Waals surface area contributed by atoms with Crippen LogP contribution in [0.25, 0.3) is 20.2 Å². The zero-order chi connectivity index (χ0) is 14.1. The van der Waals surface area contributed by atoms with Gasteiger partial charge in [0.25, 0.3) is 0 Å². The molecule has 0 aliphatic heterocycles. The van der Waals surface area contributed by atoms with Crippen molar-refractivity contribution in [1.82, 2.24) is 0 Å². The Morgan fingerprint density at radius 2 is 1.80 bits per heavy atom. The van der Waals surface area contributed by atoms with Gasteiger partial charge in [0.1, 0.15) is 5.75 Å². The molecule has 0 aliphatic rings. The third-order valence-corrected chi connectivity index (χ3v) is 4.27. The van der Waals surface area contributed by atoms with Crippen LogP contribution < -0.4 is 10.2 Å². The fourth-order valence-corrected chi connectivity index (χ4v) is 3.23. The molecule has 0 unspecified atom stereocenters. The molecule has 0 N–H and O–H groups in total. The van der Waals surface area contributed by atoms with E-state index < -0.39 is 0 Å². The SMILES string of the molecule is CC(C)COc1ccc2c(=O)c3ccccc3sc2c1. The maximum Gasteiger partial charge on any atom is 0.195 e. The zero-order valence-corrected chi connectivity index (χ0v) is 12.4. The summed E-state index contributed by atoms with van der Waals surface area (Å²) in [6.45, 7) is 4.92. The van der Waals surface area contributed by atoms with Crippen LogP contribution in [0.5, 0.6) is 5.75 Å². The van der Waals surface area contributed by atoms with Gasteiger partial charge in [-0.25, -0.2) is 0 Å². The second-order valence-corrected chi connectivity index (χ2v) is 6.37. The molecule has 1 aromatic heterocycles. The van der Waals surface area contributed by atoms with Gasteiger partial charge in [-0.2, -0.15) is 0 Å². The predicted octanol–water partition coefficient (Wildman–Crippen LogP) is 4.45. The van der Waals surface area contributed by atoms with Crippen molar-refractivity contribution in [2.75, 3.05) is 6.61 Å². The Labute approximate surface area is 121 Å². The van der Waals surface area contributed by atoms with Gasteiger partial charge in [0, 0.05) is 20.2 Å². The van der Waals surface area contributed by atoms with Crippen LogP contribution in [0.2, 0.25) is 0 Å². The fourth-order valence-electron chi connectivity index (χ4n) is 2.13. The smallest absolute Gasteiger partial charge is 0.195 e. The van der Waals surface area contributed by atoms with Crippen molar-refractivity contribution in [3.63, 3.8) is 0 Å². The minimum absolute atomic E-state index is 0.102. The van der Waals surface area contributed by atoms with Crippen molar-refractivity contribution in [2.45, 2.75) is 13.8 Å². The van der Waals surface area contributed by atoms with Gasteiger partial charge in [0.2, 0.25) is 0 Å². The highest BCUT2D eigenvalue weighted by atomic mass is 32.1. The maximum atomic E-state index is 12.4. The van der Waals surface area contributed by atoms with Gasteiger partial charge in [-0.1, -0.05) is 26.0 Å². The first kappa shape index (κ1) is 13.1. The molecule has 3 rings (SSSR count). The highest BCUT2D eigenvalue weighted by Crippen LogP contribution is 2.27. The molecule has 3 heteroatoms. The Balaban J connectivity index is 2.14. The summed E-state index contributed by atoms with van der Waals surface area (Å²) in [5.74, 6) is 1.32. The molecule has 0 bridgehead atoms. The van der Waals surface area contributed by atoms with E-state index in [0.717, 1.165) is 25.9 Å². The molecule has 102 valence electrons. The van der Waals surface area contributed by atoms with Crippen LogP contribution in [0.4, 0.5) is 0 Å². The van der Waals surface area contributed by atoms with E-state index in [4.69, 9.17) is 4.74 Å². The third-order valence-electron chi connectivity index (χ3n) is 3.13. The molecular formula is C17H16O2S. The summed E-state index contributed by atoms with van der Waals surface area (Å²) in [5.41, 5.74) is 0.102. The van der Waals surface area contributed by atoms with E-state index in [0.29, 0.717) is 12.5 Å². The lowest BCUT2D eigenvalue weighted by Crippen LogP contribution is -2.05. The second-order valence-electron chi connectivity index (χ2n) is 5.29. The lowest BCUT2D eigenvalue weighted by molar-refractivity contribution is 0.271. The topological polar surface area (TPSA) is 26.3 Å². The first-order valence-corrected chi connectivity index (χ1v) is 7.55. The van der Waals surface area contributed by atoms with Gasteiger partial charge >= 0.3 is 0 Å². The Morgan fingerprint density at radius 3 is 2.60 bits per heavy atom. The van der Waals surface area contributed by atoms with Crippen molar-refractivity contribution in [3.8, 4) is 5.75 Å². The molecule has 0 radical (unpaired) electrons. The summed E-state index contributed by atoms with van der Waals surface area (Å²) in [6.07, 6.45) is 0. The first-order chi connectivity index (χ1) is 9.65. The largest absolute Gasteiger partial charge is 0.493 e. The molecule has 0 spiro atoms. The molecule has 0 aliphatic carbocycles. The number of benzene rings is 2. The predicted molar refractivity (Wildman–Crippen MR) is 85.9 cm³/mol. The van der Waals surface area contributed by atoms with E-state index in [2.05, 4.69) is 13.8 Å². The Hall–Kier alpha value is -1.87. The van der Waals surface area contributed by atoms with E-state index >= 15 is 0 Å². The van der Waals surface area contributed by atoms with Crippen LogP contribution in [-0.4, -0.2) is 6.61 Å². The van der Waals surface area contributed by atoms with Crippen LogP contribution in [0, 0.1) is 5.92 Å². The van der Waals surface area contributed by atoms with E-state index in [9.17, 15) is 4.79 Å². The normalized spacial score (nSPS) is 11.3. The number of hydrogen-bond donors (Lipinski definition) is 0. The lowest BCUT2D eigenvalue weighted by atomic mass is 10.2. The van der Waals surface area contributed by atoms with E-state index in [1.807, 2.05) is 42.5 Å². The van der Waals surface area contributed by atoms with Gasteiger partial charge < -0.3 is 4.74 Å². The van der Waals surface area contributed by atoms with E-state index in [1.54, 1.807) is 11.3 Å². The highest BCUT2D eigenvalue weighted by molar-refractivity contribution is 7.24. The van der Waals surface area contributed by atoms with Crippen molar-refractivity contribution in [3.05, 3.63) is 52.7 Å². The van der Waals surface area contributed by atoms with Crippen molar-refractivity contribution >= 4 is 31.5 Å². The maximum absolute atomic E-state index is 12.4. The fraction of sp³-hybridized carbons (Fsp3) is 0.235. The second kappa shape index (κ2) is 5.25. The average molecular weight is 284 g/mol. The Morgan fingerprint density at radius 1 is 1.05 bits per heavy atom. The minimum atomic E-state index is 0.102. The van der Waals surface area contributed by atoms with Crippen molar-refractivity contribution in [1.29, 1.82) is 0 Å². The molecule has 0 fully saturated rings. The Bertz CT molecular complexity index is 818. The number of ether oxygens (including phenoxy) is 1. The standard InChI is InChI=1S/C17H16O2S/c1-11(2)10-19-12-7-8-14-16(9-12)20-15-6-4-3-5-13(15)17(14)18/h3-9,11H,10H2,1-2H3. The summed E-state index contributed by atoms with van der Waals surface area (Å²) in [4.78, 5) is 12.4.